The third-order valence-electron chi connectivity index (χ3n) is 2.57. The zero-order valence-corrected chi connectivity index (χ0v) is 8.18. The SMILES string of the molecule is CCC(C)(C)C(=O)N1CCCN1. The molecule has 1 aliphatic rings. The number of carbonyl (C=O) groups excluding carboxylic acids is 1. The molecule has 1 heterocycles. The van der Waals surface area contributed by atoms with E-state index in [1.807, 2.05) is 20.8 Å². The summed E-state index contributed by atoms with van der Waals surface area (Å²) < 4.78 is 0. The molecular formula is C9H18N2O. The first-order valence-corrected chi connectivity index (χ1v) is 4.63. The first kappa shape index (κ1) is 9.52. The summed E-state index contributed by atoms with van der Waals surface area (Å²) in [6.45, 7) is 7.84. The lowest BCUT2D eigenvalue weighted by Crippen LogP contribution is -2.44. The molecule has 3 heteroatoms. The normalized spacial score (nSPS) is 18.4. The van der Waals surface area contributed by atoms with Crippen LogP contribution in [0.15, 0.2) is 0 Å². The quantitative estimate of drug-likeness (QED) is 0.674. The van der Waals surface area contributed by atoms with Gasteiger partial charge in [-0.25, -0.2) is 5.43 Å². The average molecular weight is 170 g/mol. The van der Waals surface area contributed by atoms with Crippen molar-refractivity contribution in [1.82, 2.24) is 10.4 Å². The number of hydrazine groups is 1. The van der Waals surface area contributed by atoms with Crippen molar-refractivity contribution in [3.05, 3.63) is 0 Å². The van der Waals surface area contributed by atoms with Gasteiger partial charge in [0.1, 0.15) is 0 Å². The molecule has 0 bridgehead atoms. The zero-order chi connectivity index (χ0) is 9.19. The molecule has 0 aromatic carbocycles. The van der Waals surface area contributed by atoms with Crippen LogP contribution in [-0.4, -0.2) is 24.0 Å². The molecule has 1 N–H and O–H groups in total. The summed E-state index contributed by atoms with van der Waals surface area (Å²) in [7, 11) is 0. The first-order chi connectivity index (χ1) is 5.58. The largest absolute Gasteiger partial charge is 0.278 e. The van der Waals surface area contributed by atoms with Gasteiger partial charge in [-0.3, -0.25) is 9.80 Å². The Balaban J connectivity index is 2.56. The van der Waals surface area contributed by atoms with Crippen LogP contribution in [0.1, 0.15) is 33.6 Å². The van der Waals surface area contributed by atoms with Gasteiger partial charge in [0.05, 0.1) is 0 Å². The third kappa shape index (κ3) is 1.78. The fourth-order valence-corrected chi connectivity index (χ4v) is 1.22. The second-order valence-corrected chi connectivity index (χ2v) is 3.96. The molecule has 12 heavy (non-hydrogen) atoms. The Labute approximate surface area is 74.1 Å². The van der Waals surface area contributed by atoms with E-state index in [0.717, 1.165) is 25.9 Å². The highest BCUT2D eigenvalue weighted by Gasteiger charge is 2.31. The van der Waals surface area contributed by atoms with E-state index in [2.05, 4.69) is 5.43 Å². The number of hydrogen-bond donors (Lipinski definition) is 1. The number of rotatable bonds is 2. The van der Waals surface area contributed by atoms with E-state index in [-0.39, 0.29) is 11.3 Å². The number of hydrogen-bond acceptors (Lipinski definition) is 2. The van der Waals surface area contributed by atoms with Crippen molar-refractivity contribution < 1.29 is 4.79 Å². The summed E-state index contributed by atoms with van der Waals surface area (Å²) in [6, 6.07) is 0. The van der Waals surface area contributed by atoms with Gasteiger partial charge in [0.25, 0.3) is 0 Å². The average Bonchev–Trinajstić information content (AvgIpc) is 2.55. The molecule has 1 rings (SSSR count). The summed E-state index contributed by atoms with van der Waals surface area (Å²) >= 11 is 0. The predicted molar refractivity (Wildman–Crippen MR) is 48.4 cm³/mol. The lowest BCUT2D eigenvalue weighted by atomic mass is 9.89. The molecule has 3 nitrogen and oxygen atoms in total. The molecule has 0 aliphatic carbocycles. The molecule has 0 unspecified atom stereocenters. The van der Waals surface area contributed by atoms with Crippen molar-refractivity contribution in [2.75, 3.05) is 13.1 Å². The predicted octanol–water partition coefficient (Wildman–Crippen LogP) is 1.16. The van der Waals surface area contributed by atoms with Gasteiger partial charge >= 0.3 is 0 Å². The van der Waals surface area contributed by atoms with Gasteiger partial charge in [-0.15, -0.1) is 0 Å². The van der Waals surface area contributed by atoms with E-state index in [4.69, 9.17) is 0 Å². The molecule has 0 spiro atoms. The van der Waals surface area contributed by atoms with Crippen LogP contribution in [-0.2, 0) is 4.79 Å². The maximum atomic E-state index is 11.8. The van der Waals surface area contributed by atoms with Gasteiger partial charge < -0.3 is 0 Å². The Kier molecular flexibility index (Phi) is 2.73. The van der Waals surface area contributed by atoms with Crippen LogP contribution >= 0.6 is 0 Å². The van der Waals surface area contributed by atoms with E-state index < -0.39 is 0 Å². The monoisotopic (exact) mass is 170 g/mol. The highest BCUT2D eigenvalue weighted by molar-refractivity contribution is 5.81. The van der Waals surface area contributed by atoms with Crippen LogP contribution in [0.25, 0.3) is 0 Å². The van der Waals surface area contributed by atoms with E-state index >= 15 is 0 Å². The molecule has 0 aromatic rings. The van der Waals surface area contributed by atoms with Crippen LogP contribution in [0.2, 0.25) is 0 Å². The summed E-state index contributed by atoms with van der Waals surface area (Å²) in [4.78, 5) is 11.8. The molecule has 0 radical (unpaired) electrons. The standard InChI is InChI=1S/C9H18N2O/c1-4-9(2,3)8(12)11-7-5-6-10-11/h10H,4-7H2,1-3H3. The Morgan fingerprint density at radius 2 is 2.25 bits per heavy atom. The minimum Gasteiger partial charge on any atom is -0.278 e. The summed E-state index contributed by atoms with van der Waals surface area (Å²) in [5, 5.41) is 1.75. The van der Waals surface area contributed by atoms with Crippen LogP contribution < -0.4 is 5.43 Å². The smallest absolute Gasteiger partial charge is 0.242 e. The molecule has 0 saturated carbocycles. The molecule has 0 aromatic heterocycles. The second-order valence-electron chi connectivity index (χ2n) is 3.96. The summed E-state index contributed by atoms with van der Waals surface area (Å²) in [6.07, 6.45) is 1.97. The van der Waals surface area contributed by atoms with Gasteiger partial charge in [-0.1, -0.05) is 20.8 Å². The maximum absolute atomic E-state index is 11.8. The van der Waals surface area contributed by atoms with Crippen molar-refractivity contribution in [2.24, 2.45) is 5.41 Å². The molecule has 70 valence electrons. The Morgan fingerprint density at radius 3 is 2.67 bits per heavy atom. The van der Waals surface area contributed by atoms with Crippen molar-refractivity contribution >= 4 is 5.91 Å². The van der Waals surface area contributed by atoms with Crippen LogP contribution in [0.3, 0.4) is 0 Å². The van der Waals surface area contributed by atoms with Crippen LogP contribution in [0, 0.1) is 5.41 Å². The molecule has 0 atom stereocenters. The highest BCUT2D eigenvalue weighted by Crippen LogP contribution is 2.22. The Morgan fingerprint density at radius 1 is 1.58 bits per heavy atom. The first-order valence-electron chi connectivity index (χ1n) is 4.63. The number of carbonyl (C=O) groups is 1. The fourth-order valence-electron chi connectivity index (χ4n) is 1.22. The minimum absolute atomic E-state index is 0.211. The second kappa shape index (κ2) is 3.44. The number of amides is 1. The lowest BCUT2D eigenvalue weighted by molar-refractivity contribution is -0.142. The maximum Gasteiger partial charge on any atom is 0.242 e. The van der Waals surface area contributed by atoms with E-state index in [1.165, 1.54) is 0 Å². The summed E-state index contributed by atoms with van der Waals surface area (Å²) in [5.41, 5.74) is 2.87. The van der Waals surface area contributed by atoms with E-state index in [9.17, 15) is 4.79 Å². The van der Waals surface area contributed by atoms with Crippen LogP contribution in [0.5, 0.6) is 0 Å². The van der Waals surface area contributed by atoms with Gasteiger partial charge in [0.15, 0.2) is 0 Å². The van der Waals surface area contributed by atoms with Gasteiger partial charge in [-0.2, -0.15) is 0 Å². The van der Waals surface area contributed by atoms with Gasteiger partial charge in [0.2, 0.25) is 5.91 Å². The van der Waals surface area contributed by atoms with Crippen molar-refractivity contribution in [1.29, 1.82) is 0 Å². The van der Waals surface area contributed by atoms with Gasteiger partial charge in [-0.05, 0) is 12.8 Å². The fraction of sp³-hybridized carbons (Fsp3) is 0.889. The minimum atomic E-state index is -0.211. The van der Waals surface area contributed by atoms with Gasteiger partial charge in [0, 0.05) is 18.5 Å². The summed E-state index contributed by atoms with van der Waals surface area (Å²) in [5.74, 6) is 0.225. The van der Waals surface area contributed by atoms with E-state index in [0.29, 0.717) is 0 Å². The van der Waals surface area contributed by atoms with Crippen molar-refractivity contribution in [3.8, 4) is 0 Å². The molecule has 1 fully saturated rings. The Bertz CT molecular complexity index is 171. The third-order valence-corrected chi connectivity index (χ3v) is 2.57. The molecule has 1 saturated heterocycles. The molecule has 1 amide bonds. The zero-order valence-electron chi connectivity index (χ0n) is 8.18. The Hall–Kier alpha value is -0.570. The van der Waals surface area contributed by atoms with Crippen molar-refractivity contribution in [3.63, 3.8) is 0 Å². The van der Waals surface area contributed by atoms with Crippen LogP contribution in [0.4, 0.5) is 0 Å². The highest BCUT2D eigenvalue weighted by atomic mass is 16.2. The van der Waals surface area contributed by atoms with Crippen molar-refractivity contribution in [2.45, 2.75) is 33.6 Å². The topological polar surface area (TPSA) is 32.3 Å². The van der Waals surface area contributed by atoms with E-state index in [1.54, 1.807) is 5.01 Å². The lowest BCUT2D eigenvalue weighted by Gasteiger charge is -2.27. The molecule has 1 aliphatic heterocycles. The number of nitrogens with one attached hydrogen (secondary N) is 1. The molecular weight excluding hydrogens is 152 g/mol. The number of nitrogens with zero attached hydrogens (tertiary/aromatic N) is 1.